The molecule has 122 valence electrons. The third-order valence-corrected chi connectivity index (χ3v) is 3.60. The number of carbonyl (C=O) groups is 1. The molecule has 1 saturated heterocycles. The van der Waals surface area contributed by atoms with E-state index in [2.05, 4.69) is 4.98 Å². The van der Waals surface area contributed by atoms with Crippen molar-refractivity contribution in [3.63, 3.8) is 0 Å². The van der Waals surface area contributed by atoms with Gasteiger partial charge in [-0.2, -0.15) is 0 Å². The Morgan fingerprint density at radius 2 is 2.23 bits per heavy atom. The van der Waals surface area contributed by atoms with E-state index < -0.39 is 5.60 Å². The maximum absolute atomic E-state index is 12.2. The molecule has 1 aromatic heterocycles. The smallest absolute Gasteiger partial charge is 0.410 e. The zero-order chi connectivity index (χ0) is 16.2. The maximum atomic E-state index is 12.2. The van der Waals surface area contributed by atoms with E-state index in [4.69, 9.17) is 21.1 Å². The van der Waals surface area contributed by atoms with Crippen molar-refractivity contribution >= 4 is 17.7 Å². The van der Waals surface area contributed by atoms with Gasteiger partial charge in [0.05, 0.1) is 19.3 Å². The van der Waals surface area contributed by atoms with E-state index in [9.17, 15) is 4.79 Å². The quantitative estimate of drug-likeness (QED) is 0.792. The molecule has 2 rings (SSSR count). The fourth-order valence-electron chi connectivity index (χ4n) is 2.37. The third kappa shape index (κ3) is 5.14. The lowest BCUT2D eigenvalue weighted by molar-refractivity contribution is 0.00881. The molecular weight excluding hydrogens is 304 g/mol. The molecule has 1 atom stereocenters. The van der Waals surface area contributed by atoms with Gasteiger partial charge in [0.1, 0.15) is 10.8 Å². The molecule has 0 aromatic carbocycles. The van der Waals surface area contributed by atoms with Crippen LogP contribution in [-0.4, -0.2) is 40.8 Å². The first kappa shape index (κ1) is 17.0. The number of likely N-dealkylation sites (tertiary alicyclic amines) is 1. The summed E-state index contributed by atoms with van der Waals surface area (Å²) < 4.78 is 11.2. The maximum Gasteiger partial charge on any atom is 0.410 e. The van der Waals surface area contributed by atoms with Crippen LogP contribution in [0.3, 0.4) is 0 Å². The number of hydrogen-bond acceptors (Lipinski definition) is 4. The predicted octanol–water partition coefficient (Wildman–Crippen LogP) is 3.65. The van der Waals surface area contributed by atoms with E-state index in [0.29, 0.717) is 18.4 Å². The van der Waals surface area contributed by atoms with Gasteiger partial charge < -0.3 is 14.4 Å². The van der Waals surface area contributed by atoms with Gasteiger partial charge in [0.25, 0.3) is 0 Å². The summed E-state index contributed by atoms with van der Waals surface area (Å²) >= 11 is 5.75. The minimum absolute atomic E-state index is 0.0788. The SMILES string of the molecule is CC(C)(C)OC(=O)N1CCCC1COCc1ccc(Cl)nc1. The van der Waals surface area contributed by atoms with Crippen LogP contribution in [0.15, 0.2) is 18.3 Å². The standard InChI is InChI=1S/C16H23ClN2O3/c1-16(2,3)22-15(20)19-8-4-5-13(19)11-21-10-12-6-7-14(17)18-9-12/h6-7,9,13H,4-5,8,10-11H2,1-3H3. The van der Waals surface area contributed by atoms with Gasteiger partial charge in [0, 0.05) is 12.7 Å². The van der Waals surface area contributed by atoms with Gasteiger partial charge in [-0.1, -0.05) is 17.7 Å². The highest BCUT2D eigenvalue weighted by molar-refractivity contribution is 6.29. The summed E-state index contributed by atoms with van der Waals surface area (Å²) in [7, 11) is 0. The summed E-state index contributed by atoms with van der Waals surface area (Å²) in [4.78, 5) is 17.9. The van der Waals surface area contributed by atoms with Gasteiger partial charge in [0.15, 0.2) is 0 Å². The first-order valence-electron chi connectivity index (χ1n) is 7.53. The van der Waals surface area contributed by atoms with Gasteiger partial charge in [-0.25, -0.2) is 9.78 Å². The molecule has 0 radical (unpaired) electrons. The molecule has 5 nitrogen and oxygen atoms in total. The van der Waals surface area contributed by atoms with Crippen molar-refractivity contribution in [2.75, 3.05) is 13.2 Å². The molecule has 0 aliphatic carbocycles. The molecule has 1 fully saturated rings. The van der Waals surface area contributed by atoms with Crippen LogP contribution in [0.1, 0.15) is 39.2 Å². The molecule has 1 unspecified atom stereocenters. The Hall–Kier alpha value is -1.33. The molecule has 1 aliphatic rings. The second-order valence-corrected chi connectivity index (χ2v) is 6.86. The number of pyridine rings is 1. The van der Waals surface area contributed by atoms with E-state index in [1.54, 1.807) is 17.2 Å². The average Bonchev–Trinajstić information content (AvgIpc) is 2.88. The summed E-state index contributed by atoms with van der Waals surface area (Å²) in [5.41, 5.74) is 0.492. The van der Waals surface area contributed by atoms with Gasteiger partial charge in [0.2, 0.25) is 0 Å². The highest BCUT2D eigenvalue weighted by atomic mass is 35.5. The summed E-state index contributed by atoms with van der Waals surface area (Å²) in [6, 6.07) is 3.70. The Labute approximate surface area is 136 Å². The lowest BCUT2D eigenvalue weighted by Crippen LogP contribution is -2.41. The highest BCUT2D eigenvalue weighted by Crippen LogP contribution is 2.21. The zero-order valence-corrected chi connectivity index (χ0v) is 14.1. The van der Waals surface area contributed by atoms with Crippen LogP contribution in [0.25, 0.3) is 0 Å². The number of carbonyl (C=O) groups excluding carboxylic acids is 1. The molecule has 0 spiro atoms. The van der Waals surface area contributed by atoms with Crippen molar-refractivity contribution < 1.29 is 14.3 Å². The van der Waals surface area contributed by atoms with Gasteiger partial charge in [-0.15, -0.1) is 0 Å². The van der Waals surface area contributed by atoms with Gasteiger partial charge >= 0.3 is 6.09 Å². The molecule has 0 bridgehead atoms. The van der Waals surface area contributed by atoms with E-state index in [0.717, 1.165) is 24.9 Å². The number of ether oxygens (including phenoxy) is 2. The van der Waals surface area contributed by atoms with Crippen molar-refractivity contribution in [3.8, 4) is 0 Å². The first-order chi connectivity index (χ1) is 10.3. The third-order valence-electron chi connectivity index (χ3n) is 3.37. The van der Waals surface area contributed by atoms with E-state index >= 15 is 0 Å². The summed E-state index contributed by atoms with van der Waals surface area (Å²) in [5.74, 6) is 0. The van der Waals surface area contributed by atoms with E-state index in [1.807, 2.05) is 26.8 Å². The monoisotopic (exact) mass is 326 g/mol. The molecule has 1 aliphatic heterocycles. The van der Waals surface area contributed by atoms with Crippen LogP contribution in [0, 0.1) is 0 Å². The van der Waals surface area contributed by atoms with Crippen LogP contribution in [0.2, 0.25) is 5.15 Å². The molecule has 0 N–H and O–H groups in total. The predicted molar refractivity (Wildman–Crippen MR) is 84.9 cm³/mol. The van der Waals surface area contributed by atoms with Crippen LogP contribution in [-0.2, 0) is 16.1 Å². The van der Waals surface area contributed by atoms with Crippen LogP contribution < -0.4 is 0 Å². The molecule has 0 saturated carbocycles. The molecule has 1 amide bonds. The fraction of sp³-hybridized carbons (Fsp3) is 0.625. The Morgan fingerprint density at radius 1 is 1.45 bits per heavy atom. The van der Waals surface area contributed by atoms with Crippen LogP contribution in [0.4, 0.5) is 4.79 Å². The summed E-state index contributed by atoms with van der Waals surface area (Å²) in [5, 5.41) is 0.468. The molecule has 1 aromatic rings. The number of hydrogen-bond donors (Lipinski definition) is 0. The van der Waals surface area contributed by atoms with Crippen LogP contribution >= 0.6 is 11.6 Å². The second-order valence-electron chi connectivity index (χ2n) is 6.47. The molecule has 22 heavy (non-hydrogen) atoms. The normalized spacial score (nSPS) is 18.5. The van der Waals surface area contributed by atoms with E-state index in [-0.39, 0.29) is 12.1 Å². The second kappa shape index (κ2) is 7.29. The highest BCUT2D eigenvalue weighted by Gasteiger charge is 2.32. The largest absolute Gasteiger partial charge is 0.444 e. The fourth-order valence-corrected chi connectivity index (χ4v) is 2.49. The Morgan fingerprint density at radius 3 is 2.86 bits per heavy atom. The van der Waals surface area contributed by atoms with Gasteiger partial charge in [-0.05, 0) is 45.2 Å². The summed E-state index contributed by atoms with van der Waals surface area (Å²) in [6.45, 7) is 7.32. The Kier molecular flexibility index (Phi) is 5.64. The number of nitrogens with zero attached hydrogens (tertiary/aromatic N) is 2. The first-order valence-corrected chi connectivity index (χ1v) is 7.91. The van der Waals surface area contributed by atoms with Gasteiger partial charge in [-0.3, -0.25) is 0 Å². The van der Waals surface area contributed by atoms with Crippen LogP contribution in [0.5, 0.6) is 0 Å². The Balaban J connectivity index is 1.81. The average molecular weight is 327 g/mol. The van der Waals surface area contributed by atoms with Crippen molar-refractivity contribution in [2.24, 2.45) is 0 Å². The topological polar surface area (TPSA) is 51.7 Å². The number of halogens is 1. The molecular formula is C16H23ClN2O3. The Bertz CT molecular complexity index is 499. The number of aromatic nitrogens is 1. The molecule has 2 heterocycles. The van der Waals surface area contributed by atoms with Crippen molar-refractivity contribution in [3.05, 3.63) is 29.0 Å². The minimum Gasteiger partial charge on any atom is -0.444 e. The zero-order valence-electron chi connectivity index (χ0n) is 13.3. The summed E-state index contributed by atoms with van der Waals surface area (Å²) in [6.07, 6.45) is 3.36. The lowest BCUT2D eigenvalue weighted by Gasteiger charge is -2.28. The van der Waals surface area contributed by atoms with E-state index in [1.165, 1.54) is 0 Å². The van der Waals surface area contributed by atoms with Crippen molar-refractivity contribution in [1.29, 1.82) is 0 Å². The minimum atomic E-state index is -0.472. The number of rotatable bonds is 4. The number of amides is 1. The molecule has 6 heteroatoms. The van der Waals surface area contributed by atoms with Crippen molar-refractivity contribution in [2.45, 2.75) is 51.9 Å². The lowest BCUT2D eigenvalue weighted by atomic mass is 10.2. The van der Waals surface area contributed by atoms with Crippen molar-refractivity contribution in [1.82, 2.24) is 9.88 Å².